The van der Waals surface area contributed by atoms with Gasteiger partial charge in [-0.25, -0.2) is 0 Å². The Balaban J connectivity index is 1.29. The lowest BCUT2D eigenvalue weighted by atomic mass is 10.1. The minimum Gasteiger partial charge on any atom is -0.380 e. The van der Waals surface area contributed by atoms with Crippen LogP contribution >= 0.6 is 11.3 Å². The summed E-state index contributed by atoms with van der Waals surface area (Å²) in [6.07, 6.45) is -3.64. The van der Waals surface area contributed by atoms with Crippen LogP contribution in [0, 0.1) is 13.8 Å². The molecule has 0 radical (unpaired) electrons. The maximum Gasteiger partial charge on any atom is 0.255 e. The quantitative estimate of drug-likeness (QED) is 0.501. The van der Waals surface area contributed by atoms with E-state index < -0.39 is 24.0 Å². The van der Waals surface area contributed by atoms with E-state index in [0.717, 1.165) is 33.0 Å². The SMILES string of the molecule is Cc1cc(C)n(Cc2csc(CNC(=O)[C@H](O)[C@@H](O)C(=O)N3Cc4ccccc4C3)c2)n1. The first kappa shape index (κ1) is 22.2. The molecule has 3 aromatic rings. The van der Waals surface area contributed by atoms with Crippen molar-refractivity contribution in [3.63, 3.8) is 0 Å². The van der Waals surface area contributed by atoms with Crippen LogP contribution < -0.4 is 5.32 Å². The molecule has 3 heterocycles. The molecule has 0 unspecified atom stereocenters. The van der Waals surface area contributed by atoms with Gasteiger partial charge in [0.1, 0.15) is 0 Å². The first-order valence-electron chi connectivity index (χ1n) is 10.4. The number of hydrogen-bond acceptors (Lipinski definition) is 6. The Morgan fingerprint density at radius 1 is 1.12 bits per heavy atom. The molecule has 2 aromatic heterocycles. The van der Waals surface area contributed by atoms with E-state index in [-0.39, 0.29) is 6.54 Å². The van der Waals surface area contributed by atoms with Crippen LogP contribution in [0.25, 0.3) is 0 Å². The molecule has 0 fully saturated rings. The van der Waals surface area contributed by atoms with E-state index in [1.807, 2.05) is 60.3 Å². The van der Waals surface area contributed by atoms with Crippen molar-refractivity contribution in [1.29, 1.82) is 0 Å². The maximum absolute atomic E-state index is 12.6. The number of nitrogens with one attached hydrogen (secondary N) is 1. The van der Waals surface area contributed by atoms with Crippen LogP contribution in [0.4, 0.5) is 0 Å². The number of hydrogen-bond donors (Lipinski definition) is 3. The van der Waals surface area contributed by atoms with Crippen LogP contribution in [0.2, 0.25) is 0 Å². The van der Waals surface area contributed by atoms with Gasteiger partial charge in [-0.3, -0.25) is 14.3 Å². The highest BCUT2D eigenvalue weighted by molar-refractivity contribution is 7.10. The van der Waals surface area contributed by atoms with Crippen molar-refractivity contribution in [1.82, 2.24) is 20.0 Å². The second kappa shape index (κ2) is 9.23. The molecule has 9 heteroatoms. The molecule has 1 aliphatic heterocycles. The van der Waals surface area contributed by atoms with E-state index in [0.29, 0.717) is 19.6 Å². The number of nitrogens with zero attached hydrogens (tertiary/aromatic N) is 3. The zero-order valence-electron chi connectivity index (χ0n) is 18.0. The number of carbonyl (C=O) groups is 2. The fraction of sp³-hybridized carbons (Fsp3) is 0.348. The minimum atomic E-state index is -1.83. The van der Waals surface area contributed by atoms with Gasteiger partial charge in [-0.2, -0.15) is 5.10 Å². The van der Waals surface area contributed by atoms with Crippen LogP contribution in [-0.4, -0.2) is 48.9 Å². The van der Waals surface area contributed by atoms with Crippen molar-refractivity contribution in [3.05, 3.63) is 74.7 Å². The number of aliphatic hydroxyl groups is 2. The predicted molar refractivity (Wildman–Crippen MR) is 120 cm³/mol. The van der Waals surface area contributed by atoms with Gasteiger partial charge < -0.3 is 20.4 Å². The van der Waals surface area contributed by atoms with Crippen LogP contribution in [0.1, 0.15) is 33.0 Å². The lowest BCUT2D eigenvalue weighted by molar-refractivity contribution is -0.153. The summed E-state index contributed by atoms with van der Waals surface area (Å²) in [5, 5.41) is 29.6. The van der Waals surface area contributed by atoms with Crippen LogP contribution in [0.3, 0.4) is 0 Å². The van der Waals surface area contributed by atoms with Crippen LogP contribution in [0.15, 0.2) is 41.8 Å². The summed E-state index contributed by atoms with van der Waals surface area (Å²) in [6.45, 7) is 5.50. The zero-order chi connectivity index (χ0) is 22.8. The number of benzene rings is 1. The molecule has 2 amide bonds. The molecule has 0 spiro atoms. The lowest BCUT2D eigenvalue weighted by Gasteiger charge is -2.22. The number of aryl methyl sites for hydroxylation is 2. The van der Waals surface area contributed by atoms with Crippen molar-refractivity contribution in [2.75, 3.05) is 0 Å². The maximum atomic E-state index is 12.6. The normalized spacial score (nSPS) is 14.8. The van der Waals surface area contributed by atoms with Crippen molar-refractivity contribution in [2.45, 2.75) is 52.2 Å². The van der Waals surface area contributed by atoms with E-state index in [9.17, 15) is 19.8 Å². The molecule has 1 aliphatic rings. The molecule has 168 valence electrons. The van der Waals surface area contributed by atoms with Gasteiger partial charge in [0.25, 0.3) is 11.8 Å². The van der Waals surface area contributed by atoms with E-state index in [1.54, 1.807) is 0 Å². The van der Waals surface area contributed by atoms with E-state index in [4.69, 9.17) is 0 Å². The van der Waals surface area contributed by atoms with Gasteiger partial charge in [0.15, 0.2) is 12.2 Å². The zero-order valence-corrected chi connectivity index (χ0v) is 18.8. The second-order valence-corrected chi connectivity index (χ2v) is 9.07. The largest absolute Gasteiger partial charge is 0.380 e. The Hall–Kier alpha value is -3.01. The summed E-state index contributed by atoms with van der Waals surface area (Å²) in [7, 11) is 0. The lowest BCUT2D eigenvalue weighted by Crippen LogP contribution is -2.49. The fourth-order valence-electron chi connectivity index (χ4n) is 3.84. The van der Waals surface area contributed by atoms with Crippen LogP contribution in [-0.2, 0) is 35.8 Å². The number of thiophene rings is 1. The molecule has 0 saturated carbocycles. The van der Waals surface area contributed by atoms with E-state index in [1.165, 1.54) is 16.2 Å². The second-order valence-electron chi connectivity index (χ2n) is 8.08. The molecule has 3 N–H and O–H groups in total. The summed E-state index contributed by atoms with van der Waals surface area (Å²) < 4.78 is 1.92. The number of rotatable bonds is 7. The Labute approximate surface area is 190 Å². The van der Waals surface area contributed by atoms with Crippen molar-refractivity contribution < 1.29 is 19.8 Å². The van der Waals surface area contributed by atoms with Gasteiger partial charge in [0, 0.05) is 23.7 Å². The van der Waals surface area contributed by atoms with Gasteiger partial charge in [-0.05, 0) is 48.1 Å². The van der Waals surface area contributed by atoms with Gasteiger partial charge in [-0.15, -0.1) is 11.3 Å². The minimum absolute atomic E-state index is 0.202. The fourth-order valence-corrected chi connectivity index (χ4v) is 4.66. The molecule has 32 heavy (non-hydrogen) atoms. The topological polar surface area (TPSA) is 108 Å². The molecule has 8 nitrogen and oxygen atoms in total. The number of aliphatic hydroxyl groups excluding tert-OH is 2. The Morgan fingerprint density at radius 3 is 2.44 bits per heavy atom. The molecular formula is C23H26N4O4S. The average molecular weight is 455 g/mol. The summed E-state index contributed by atoms with van der Waals surface area (Å²) in [4.78, 5) is 27.3. The van der Waals surface area contributed by atoms with Crippen molar-refractivity contribution >= 4 is 23.2 Å². The summed E-state index contributed by atoms with van der Waals surface area (Å²) >= 11 is 1.49. The van der Waals surface area contributed by atoms with E-state index in [2.05, 4.69) is 10.4 Å². The Kier molecular flexibility index (Phi) is 6.40. The van der Waals surface area contributed by atoms with Gasteiger partial charge in [0.05, 0.1) is 18.8 Å². The highest BCUT2D eigenvalue weighted by Gasteiger charge is 2.35. The van der Waals surface area contributed by atoms with Crippen LogP contribution in [0.5, 0.6) is 0 Å². The molecule has 0 aliphatic carbocycles. The third-order valence-electron chi connectivity index (χ3n) is 5.55. The van der Waals surface area contributed by atoms with E-state index >= 15 is 0 Å². The number of carbonyl (C=O) groups excluding carboxylic acids is 2. The Morgan fingerprint density at radius 2 is 1.81 bits per heavy atom. The summed E-state index contributed by atoms with van der Waals surface area (Å²) in [5.74, 6) is -1.44. The first-order valence-corrected chi connectivity index (χ1v) is 11.3. The van der Waals surface area contributed by atoms with Gasteiger partial charge in [0.2, 0.25) is 0 Å². The molecule has 1 aromatic carbocycles. The third-order valence-corrected chi connectivity index (χ3v) is 6.54. The monoisotopic (exact) mass is 454 g/mol. The van der Waals surface area contributed by atoms with Gasteiger partial charge >= 0.3 is 0 Å². The third kappa shape index (κ3) is 4.74. The average Bonchev–Trinajstić information content (AvgIpc) is 3.49. The standard InChI is InChI=1S/C23H26N4O4S/c1-14-7-15(2)27(25-14)10-16-8-19(32-13-16)9-24-22(30)20(28)21(29)23(31)26-11-17-5-3-4-6-18(17)12-26/h3-8,13,20-21,28-29H,9-12H2,1-2H3,(H,24,30)/t20-,21-/m1/s1. The smallest absolute Gasteiger partial charge is 0.255 e. The molecule has 0 bridgehead atoms. The summed E-state index contributed by atoms with van der Waals surface area (Å²) in [5.41, 5.74) is 5.10. The first-order chi connectivity index (χ1) is 15.3. The number of aromatic nitrogens is 2. The highest BCUT2D eigenvalue weighted by atomic mass is 32.1. The predicted octanol–water partition coefficient (Wildman–Crippen LogP) is 1.49. The van der Waals surface area contributed by atoms with Crippen molar-refractivity contribution in [2.24, 2.45) is 0 Å². The molecule has 2 atom stereocenters. The molecule has 0 saturated heterocycles. The molecular weight excluding hydrogens is 428 g/mol. The highest BCUT2D eigenvalue weighted by Crippen LogP contribution is 2.23. The number of fused-ring (bicyclic) bond motifs is 1. The summed E-state index contributed by atoms with van der Waals surface area (Å²) in [6, 6.07) is 11.6. The number of amides is 2. The molecule has 4 rings (SSSR count). The van der Waals surface area contributed by atoms with Crippen molar-refractivity contribution in [3.8, 4) is 0 Å². The Bertz CT molecular complexity index is 1110. The van der Waals surface area contributed by atoms with Gasteiger partial charge in [-0.1, -0.05) is 24.3 Å².